The molecule has 0 spiro atoms. The molecule has 25 heavy (non-hydrogen) atoms. The van der Waals surface area contributed by atoms with Crippen LogP contribution in [0.15, 0.2) is 24.3 Å². The molecule has 0 unspecified atom stereocenters. The van der Waals surface area contributed by atoms with E-state index in [0.29, 0.717) is 16.4 Å². The number of ether oxygens (including phenoxy) is 2. The molecule has 2 heterocycles. The predicted molar refractivity (Wildman–Crippen MR) is 83.9 cm³/mol. The second kappa shape index (κ2) is 6.80. The normalized spacial score (nSPS) is 19.4. The van der Waals surface area contributed by atoms with Gasteiger partial charge in [-0.1, -0.05) is 12.1 Å². The lowest BCUT2D eigenvalue weighted by Crippen LogP contribution is -2.45. The molecule has 2 aliphatic heterocycles. The molecule has 1 fully saturated rings. The fraction of sp³-hybridized carbons (Fsp3) is 0.375. The van der Waals surface area contributed by atoms with Crippen LogP contribution < -0.4 is 14.8 Å². The number of amides is 5. The average molecular weight is 347 g/mol. The summed E-state index contributed by atoms with van der Waals surface area (Å²) in [5.74, 6) is -1.25. The molecule has 1 atom stereocenters. The Bertz CT molecular complexity index is 734. The Kier molecular flexibility index (Phi) is 4.55. The highest BCUT2D eigenvalue weighted by atomic mass is 16.6. The maximum atomic E-state index is 12.0. The molecule has 0 radical (unpaired) electrons. The lowest BCUT2D eigenvalue weighted by atomic mass is 10.2. The molecule has 1 N–H and O–H groups in total. The Morgan fingerprint density at radius 2 is 1.84 bits per heavy atom. The standard InChI is InChI=1S/C16H17N3O6/c1-2-18-14(21)15(22)19(16(18)23)8-13(20)17-7-10-9-24-11-5-3-4-6-12(11)25-10/h3-6,10H,2,7-9H2,1H3,(H,17,20)/t10-/m0/s1. The Labute approximate surface area is 143 Å². The Morgan fingerprint density at radius 1 is 1.16 bits per heavy atom. The van der Waals surface area contributed by atoms with Crippen LogP contribution in [-0.4, -0.2) is 65.9 Å². The van der Waals surface area contributed by atoms with Gasteiger partial charge in [-0.3, -0.25) is 19.3 Å². The molecule has 132 valence electrons. The van der Waals surface area contributed by atoms with Crippen molar-refractivity contribution in [2.24, 2.45) is 0 Å². The molecule has 0 bridgehead atoms. The van der Waals surface area contributed by atoms with E-state index in [1.807, 2.05) is 12.1 Å². The third-order valence-electron chi connectivity index (χ3n) is 3.85. The maximum absolute atomic E-state index is 12.0. The molecule has 9 nitrogen and oxygen atoms in total. The van der Waals surface area contributed by atoms with Crippen LogP contribution in [0.2, 0.25) is 0 Å². The second-order valence-corrected chi connectivity index (χ2v) is 5.52. The van der Waals surface area contributed by atoms with E-state index in [4.69, 9.17) is 9.47 Å². The zero-order valence-electron chi connectivity index (χ0n) is 13.6. The molecule has 9 heteroatoms. The van der Waals surface area contributed by atoms with Crippen LogP contribution in [0.1, 0.15) is 6.92 Å². The number of nitrogens with zero attached hydrogens (tertiary/aromatic N) is 2. The molecule has 1 aromatic carbocycles. The first-order valence-corrected chi connectivity index (χ1v) is 7.83. The van der Waals surface area contributed by atoms with Gasteiger partial charge < -0.3 is 14.8 Å². The van der Waals surface area contributed by atoms with Crippen LogP contribution in [-0.2, 0) is 14.4 Å². The second-order valence-electron chi connectivity index (χ2n) is 5.52. The first-order chi connectivity index (χ1) is 12.0. The molecule has 1 aromatic rings. The summed E-state index contributed by atoms with van der Waals surface area (Å²) in [4.78, 5) is 48.7. The molecule has 3 rings (SSSR count). The molecule has 0 aliphatic carbocycles. The van der Waals surface area contributed by atoms with Gasteiger partial charge in [-0.15, -0.1) is 0 Å². The van der Waals surface area contributed by atoms with Gasteiger partial charge in [0.2, 0.25) is 5.91 Å². The number of nitrogens with one attached hydrogen (secondary N) is 1. The summed E-state index contributed by atoms with van der Waals surface area (Å²) in [6, 6.07) is 6.40. The highest BCUT2D eigenvalue weighted by molar-refractivity contribution is 6.45. The van der Waals surface area contributed by atoms with Gasteiger partial charge >= 0.3 is 17.8 Å². The number of hydrogen-bond donors (Lipinski definition) is 1. The molecular weight excluding hydrogens is 330 g/mol. The number of fused-ring (bicyclic) bond motifs is 1. The van der Waals surface area contributed by atoms with Gasteiger partial charge in [-0.25, -0.2) is 9.69 Å². The summed E-state index contributed by atoms with van der Waals surface area (Å²) >= 11 is 0. The maximum Gasteiger partial charge on any atom is 0.334 e. The van der Waals surface area contributed by atoms with Crippen LogP contribution in [0, 0.1) is 0 Å². The van der Waals surface area contributed by atoms with E-state index in [9.17, 15) is 19.2 Å². The highest BCUT2D eigenvalue weighted by Crippen LogP contribution is 2.30. The number of rotatable bonds is 5. The lowest BCUT2D eigenvalue weighted by molar-refractivity contribution is -0.143. The van der Waals surface area contributed by atoms with E-state index in [1.54, 1.807) is 19.1 Å². The lowest BCUT2D eigenvalue weighted by Gasteiger charge is -2.26. The van der Waals surface area contributed by atoms with Gasteiger partial charge in [0.25, 0.3) is 0 Å². The minimum Gasteiger partial charge on any atom is -0.486 e. The SMILES string of the molecule is CCN1C(=O)C(=O)N(CC(=O)NC[C@H]2COc3ccccc3O2)C1=O. The number of carbonyl (C=O) groups is 4. The zero-order valence-corrected chi connectivity index (χ0v) is 13.6. The van der Waals surface area contributed by atoms with Gasteiger partial charge in [-0.2, -0.15) is 0 Å². The number of imide groups is 2. The van der Waals surface area contributed by atoms with Crippen molar-refractivity contribution < 1.29 is 28.7 Å². The van der Waals surface area contributed by atoms with E-state index in [0.717, 1.165) is 4.90 Å². The number of likely N-dealkylation sites (N-methyl/N-ethyl adjacent to an activating group) is 1. The fourth-order valence-corrected chi connectivity index (χ4v) is 2.56. The minimum atomic E-state index is -0.992. The Balaban J connectivity index is 1.52. The largest absolute Gasteiger partial charge is 0.486 e. The van der Waals surface area contributed by atoms with Crippen LogP contribution in [0.3, 0.4) is 0 Å². The Hall–Kier alpha value is -3.10. The molecule has 1 saturated heterocycles. The van der Waals surface area contributed by atoms with Crippen molar-refractivity contribution in [3.05, 3.63) is 24.3 Å². The summed E-state index contributed by atoms with van der Waals surface area (Å²) in [6.07, 6.45) is -0.391. The van der Waals surface area contributed by atoms with E-state index < -0.39 is 36.4 Å². The van der Waals surface area contributed by atoms with Crippen molar-refractivity contribution in [3.63, 3.8) is 0 Å². The molecule has 5 amide bonds. The number of hydrogen-bond acceptors (Lipinski definition) is 6. The number of carbonyl (C=O) groups excluding carboxylic acids is 4. The van der Waals surface area contributed by atoms with Crippen LogP contribution in [0.25, 0.3) is 0 Å². The fourth-order valence-electron chi connectivity index (χ4n) is 2.56. The summed E-state index contributed by atoms with van der Waals surface area (Å²) in [7, 11) is 0. The average Bonchev–Trinajstić information content (AvgIpc) is 2.83. The number of benzene rings is 1. The Morgan fingerprint density at radius 3 is 2.52 bits per heavy atom. The molecular formula is C16H17N3O6. The van der Waals surface area contributed by atoms with Gasteiger partial charge in [0.15, 0.2) is 11.5 Å². The topological polar surface area (TPSA) is 105 Å². The molecule has 0 saturated carbocycles. The highest BCUT2D eigenvalue weighted by Gasteiger charge is 2.44. The quantitative estimate of drug-likeness (QED) is 0.582. The number of urea groups is 1. The van der Waals surface area contributed by atoms with Crippen molar-refractivity contribution in [3.8, 4) is 11.5 Å². The summed E-state index contributed by atoms with van der Waals surface area (Å²) < 4.78 is 11.2. The van der Waals surface area contributed by atoms with Gasteiger partial charge in [0.1, 0.15) is 19.3 Å². The van der Waals surface area contributed by atoms with Gasteiger partial charge in [-0.05, 0) is 19.1 Å². The minimum absolute atomic E-state index is 0.0776. The van der Waals surface area contributed by atoms with Crippen LogP contribution in [0.5, 0.6) is 11.5 Å². The van der Waals surface area contributed by atoms with Crippen molar-refractivity contribution in [2.75, 3.05) is 26.2 Å². The van der Waals surface area contributed by atoms with E-state index in [2.05, 4.69) is 5.32 Å². The van der Waals surface area contributed by atoms with Crippen molar-refractivity contribution in [1.29, 1.82) is 0 Å². The van der Waals surface area contributed by atoms with Gasteiger partial charge in [0.05, 0.1) is 6.54 Å². The number of para-hydroxylation sites is 2. The zero-order chi connectivity index (χ0) is 18.0. The van der Waals surface area contributed by atoms with E-state index >= 15 is 0 Å². The third-order valence-corrected chi connectivity index (χ3v) is 3.85. The molecule has 2 aliphatic rings. The summed E-state index contributed by atoms with van der Waals surface area (Å²) in [5, 5.41) is 2.58. The van der Waals surface area contributed by atoms with Gasteiger partial charge in [0, 0.05) is 6.54 Å². The van der Waals surface area contributed by atoms with Crippen LogP contribution in [0.4, 0.5) is 4.79 Å². The summed E-state index contributed by atoms with van der Waals surface area (Å²) in [5.41, 5.74) is 0. The van der Waals surface area contributed by atoms with E-state index in [1.165, 1.54) is 0 Å². The smallest absolute Gasteiger partial charge is 0.334 e. The first kappa shape index (κ1) is 16.7. The van der Waals surface area contributed by atoms with Crippen molar-refractivity contribution >= 4 is 23.8 Å². The monoisotopic (exact) mass is 347 g/mol. The predicted octanol–water partition coefficient (Wildman–Crippen LogP) is -0.247. The van der Waals surface area contributed by atoms with Crippen molar-refractivity contribution in [1.82, 2.24) is 15.1 Å². The van der Waals surface area contributed by atoms with Crippen molar-refractivity contribution in [2.45, 2.75) is 13.0 Å². The first-order valence-electron chi connectivity index (χ1n) is 7.83. The van der Waals surface area contributed by atoms with Crippen LogP contribution >= 0.6 is 0 Å². The van der Waals surface area contributed by atoms with E-state index in [-0.39, 0.29) is 19.7 Å². The molecule has 0 aromatic heterocycles. The summed E-state index contributed by atoms with van der Waals surface area (Å²) in [6.45, 7) is 1.55. The third kappa shape index (κ3) is 3.25.